The SMILES string of the molecule is CCOc1ccccc1C(=O)OCC(=O)Nc1cccc(S(=O)(=O)N(C)C)c1. The molecule has 0 saturated carbocycles. The number of nitrogens with one attached hydrogen (secondary N) is 1. The number of ether oxygens (including phenoxy) is 2. The second kappa shape index (κ2) is 9.34. The molecule has 0 aliphatic heterocycles. The zero-order valence-electron chi connectivity index (χ0n) is 15.8. The molecule has 8 nitrogen and oxygen atoms in total. The van der Waals surface area contributed by atoms with Gasteiger partial charge in [-0.05, 0) is 37.3 Å². The Hall–Kier alpha value is -2.91. The summed E-state index contributed by atoms with van der Waals surface area (Å²) in [4.78, 5) is 24.3. The first-order chi connectivity index (χ1) is 13.3. The van der Waals surface area contributed by atoms with Gasteiger partial charge < -0.3 is 14.8 Å². The molecular formula is C19H22N2O6S. The molecule has 0 atom stereocenters. The quantitative estimate of drug-likeness (QED) is 0.674. The lowest BCUT2D eigenvalue weighted by molar-refractivity contribution is -0.119. The van der Waals surface area contributed by atoms with Crippen molar-refractivity contribution in [3.05, 3.63) is 54.1 Å². The molecule has 150 valence electrons. The van der Waals surface area contributed by atoms with Crippen LogP contribution in [0.2, 0.25) is 0 Å². The van der Waals surface area contributed by atoms with Crippen LogP contribution in [-0.4, -0.2) is 51.9 Å². The van der Waals surface area contributed by atoms with Crippen LogP contribution in [0.5, 0.6) is 5.75 Å². The van der Waals surface area contributed by atoms with E-state index in [1.165, 1.54) is 32.3 Å². The minimum Gasteiger partial charge on any atom is -0.493 e. The van der Waals surface area contributed by atoms with Crippen molar-refractivity contribution < 1.29 is 27.5 Å². The van der Waals surface area contributed by atoms with Gasteiger partial charge in [-0.2, -0.15) is 0 Å². The van der Waals surface area contributed by atoms with Crippen molar-refractivity contribution in [1.82, 2.24) is 4.31 Å². The van der Waals surface area contributed by atoms with Gasteiger partial charge in [0.15, 0.2) is 6.61 Å². The fourth-order valence-corrected chi connectivity index (χ4v) is 3.22. The lowest BCUT2D eigenvalue weighted by atomic mass is 10.2. The van der Waals surface area contributed by atoms with Gasteiger partial charge in [0.2, 0.25) is 10.0 Å². The Morgan fingerprint density at radius 3 is 2.46 bits per heavy atom. The molecule has 9 heteroatoms. The van der Waals surface area contributed by atoms with Gasteiger partial charge in [-0.15, -0.1) is 0 Å². The standard InChI is InChI=1S/C19H22N2O6S/c1-4-26-17-11-6-5-10-16(17)19(23)27-13-18(22)20-14-8-7-9-15(12-14)28(24,25)21(2)3/h5-12H,4,13H2,1-3H3,(H,20,22). The van der Waals surface area contributed by atoms with E-state index in [0.29, 0.717) is 12.4 Å². The Labute approximate surface area is 164 Å². The Bertz CT molecular complexity index is 956. The lowest BCUT2D eigenvalue weighted by Gasteiger charge is -2.13. The molecule has 0 heterocycles. The normalized spacial score (nSPS) is 11.1. The maximum atomic E-state index is 12.2. The molecule has 2 aromatic carbocycles. The van der Waals surface area contributed by atoms with Crippen LogP contribution in [-0.2, 0) is 19.6 Å². The van der Waals surface area contributed by atoms with Gasteiger partial charge in [-0.3, -0.25) is 4.79 Å². The average molecular weight is 406 g/mol. The summed E-state index contributed by atoms with van der Waals surface area (Å²) in [6.45, 7) is 1.65. The summed E-state index contributed by atoms with van der Waals surface area (Å²) >= 11 is 0. The predicted molar refractivity (Wildman–Crippen MR) is 104 cm³/mol. The van der Waals surface area contributed by atoms with Gasteiger partial charge in [0, 0.05) is 19.8 Å². The fraction of sp³-hybridized carbons (Fsp3) is 0.263. The Balaban J connectivity index is 2.01. The number of rotatable bonds is 8. The largest absolute Gasteiger partial charge is 0.493 e. The van der Waals surface area contributed by atoms with Gasteiger partial charge in [-0.25, -0.2) is 17.5 Å². The monoisotopic (exact) mass is 406 g/mol. The highest BCUT2D eigenvalue weighted by Crippen LogP contribution is 2.20. The van der Waals surface area contributed by atoms with Crippen LogP contribution in [0.25, 0.3) is 0 Å². The highest BCUT2D eigenvalue weighted by molar-refractivity contribution is 7.89. The van der Waals surface area contributed by atoms with Crippen molar-refractivity contribution in [3.8, 4) is 5.75 Å². The number of hydrogen-bond donors (Lipinski definition) is 1. The zero-order chi connectivity index (χ0) is 20.7. The van der Waals surface area contributed by atoms with Crippen molar-refractivity contribution in [2.45, 2.75) is 11.8 Å². The minimum absolute atomic E-state index is 0.0398. The van der Waals surface area contributed by atoms with Gasteiger partial charge in [-0.1, -0.05) is 18.2 Å². The predicted octanol–water partition coefficient (Wildman–Crippen LogP) is 2.13. The molecule has 0 aromatic heterocycles. The van der Waals surface area contributed by atoms with Gasteiger partial charge >= 0.3 is 5.97 Å². The molecule has 1 amide bonds. The maximum absolute atomic E-state index is 12.2. The molecule has 0 aliphatic carbocycles. The summed E-state index contributed by atoms with van der Waals surface area (Å²) in [6.07, 6.45) is 0. The van der Waals surface area contributed by atoms with E-state index in [0.717, 1.165) is 4.31 Å². The number of hydrogen-bond acceptors (Lipinski definition) is 6. The smallest absolute Gasteiger partial charge is 0.342 e. The number of carbonyl (C=O) groups is 2. The summed E-state index contributed by atoms with van der Waals surface area (Å²) in [5.41, 5.74) is 0.495. The summed E-state index contributed by atoms with van der Waals surface area (Å²) < 4.78 is 35.8. The summed E-state index contributed by atoms with van der Waals surface area (Å²) in [5.74, 6) is -0.915. The zero-order valence-corrected chi connectivity index (χ0v) is 16.7. The molecule has 0 aliphatic rings. The first-order valence-electron chi connectivity index (χ1n) is 8.47. The van der Waals surface area contributed by atoms with Crippen molar-refractivity contribution >= 4 is 27.6 Å². The van der Waals surface area contributed by atoms with Crippen LogP contribution >= 0.6 is 0 Å². The number of anilines is 1. The minimum atomic E-state index is -3.62. The van der Waals surface area contributed by atoms with E-state index < -0.39 is 28.5 Å². The van der Waals surface area contributed by atoms with Crippen LogP contribution < -0.4 is 10.1 Å². The summed E-state index contributed by atoms with van der Waals surface area (Å²) in [5, 5.41) is 2.51. The number of para-hydroxylation sites is 1. The van der Waals surface area contributed by atoms with E-state index >= 15 is 0 Å². The Morgan fingerprint density at radius 2 is 1.79 bits per heavy atom. The van der Waals surface area contributed by atoms with Crippen LogP contribution in [0.4, 0.5) is 5.69 Å². The van der Waals surface area contributed by atoms with Gasteiger partial charge in [0.25, 0.3) is 5.91 Å². The summed E-state index contributed by atoms with van der Waals surface area (Å²) in [6, 6.07) is 12.4. The molecule has 0 fully saturated rings. The molecule has 28 heavy (non-hydrogen) atoms. The number of amides is 1. The van der Waals surface area contributed by atoms with Crippen LogP contribution in [0.15, 0.2) is 53.4 Å². The third-order valence-corrected chi connectivity index (χ3v) is 5.45. The van der Waals surface area contributed by atoms with Gasteiger partial charge in [0.1, 0.15) is 11.3 Å². The highest BCUT2D eigenvalue weighted by Gasteiger charge is 2.18. The first-order valence-corrected chi connectivity index (χ1v) is 9.91. The topological polar surface area (TPSA) is 102 Å². The number of benzene rings is 2. The van der Waals surface area contributed by atoms with Crippen molar-refractivity contribution in [3.63, 3.8) is 0 Å². The van der Waals surface area contributed by atoms with E-state index in [1.54, 1.807) is 37.3 Å². The van der Waals surface area contributed by atoms with E-state index in [-0.39, 0.29) is 16.1 Å². The van der Waals surface area contributed by atoms with E-state index in [9.17, 15) is 18.0 Å². The average Bonchev–Trinajstić information content (AvgIpc) is 2.67. The number of carbonyl (C=O) groups excluding carboxylic acids is 2. The van der Waals surface area contributed by atoms with E-state index in [1.807, 2.05) is 0 Å². The Kier molecular flexibility index (Phi) is 7.13. The first kappa shape index (κ1) is 21.4. The molecule has 2 aromatic rings. The fourth-order valence-electron chi connectivity index (χ4n) is 2.27. The van der Waals surface area contributed by atoms with Crippen molar-refractivity contribution in [2.24, 2.45) is 0 Å². The second-order valence-corrected chi connectivity index (χ2v) is 8.02. The molecule has 0 saturated heterocycles. The molecule has 0 bridgehead atoms. The molecule has 1 N–H and O–H groups in total. The number of esters is 1. The molecule has 0 radical (unpaired) electrons. The second-order valence-electron chi connectivity index (χ2n) is 5.87. The summed E-state index contributed by atoms with van der Waals surface area (Å²) in [7, 11) is -0.791. The van der Waals surface area contributed by atoms with Crippen molar-refractivity contribution in [1.29, 1.82) is 0 Å². The number of sulfonamides is 1. The lowest BCUT2D eigenvalue weighted by Crippen LogP contribution is -2.23. The van der Waals surface area contributed by atoms with E-state index in [2.05, 4.69) is 5.32 Å². The number of nitrogens with zero attached hydrogens (tertiary/aromatic N) is 1. The molecule has 0 unspecified atom stereocenters. The molecule has 2 rings (SSSR count). The van der Waals surface area contributed by atoms with Crippen LogP contribution in [0, 0.1) is 0 Å². The highest BCUT2D eigenvalue weighted by atomic mass is 32.2. The van der Waals surface area contributed by atoms with Crippen LogP contribution in [0.1, 0.15) is 17.3 Å². The molecular weight excluding hydrogens is 384 g/mol. The third kappa shape index (κ3) is 5.30. The van der Waals surface area contributed by atoms with Crippen molar-refractivity contribution in [2.75, 3.05) is 32.6 Å². The van der Waals surface area contributed by atoms with Gasteiger partial charge in [0.05, 0.1) is 11.5 Å². The Morgan fingerprint density at radius 1 is 1.07 bits per heavy atom. The van der Waals surface area contributed by atoms with Crippen LogP contribution in [0.3, 0.4) is 0 Å². The molecule has 0 spiro atoms. The van der Waals surface area contributed by atoms with E-state index in [4.69, 9.17) is 9.47 Å². The third-order valence-electron chi connectivity index (χ3n) is 3.64. The maximum Gasteiger partial charge on any atom is 0.342 e.